The van der Waals surface area contributed by atoms with E-state index in [0.29, 0.717) is 35.5 Å². The molecule has 1 N–H and O–H groups in total. The van der Waals surface area contributed by atoms with Gasteiger partial charge in [0.2, 0.25) is 5.91 Å². The molecule has 3 atom stereocenters. The number of piperidine rings is 1. The van der Waals surface area contributed by atoms with Gasteiger partial charge in [0.15, 0.2) is 0 Å². The number of benzene rings is 2. The van der Waals surface area contributed by atoms with Gasteiger partial charge in [0.05, 0.1) is 36.4 Å². The molecule has 0 bridgehead atoms. The second-order valence-electron chi connectivity index (χ2n) is 9.40. The van der Waals surface area contributed by atoms with Crippen LogP contribution in [0, 0.1) is 0 Å². The molecule has 3 heterocycles. The Morgan fingerprint density at radius 3 is 2.54 bits per heavy atom. The fraction of sp³-hybridized carbons (Fsp3) is 0.400. The number of hydrogen-bond acceptors (Lipinski definition) is 5. The molecule has 2 aliphatic heterocycles. The standard InChI is InChI=1S/C25H26F3N5O2/c1-15-11-24(12-20(29-15)21-14-32(2)31-30-21)19-10-17(25(26,27)28)6-9-22(19)33(23(24)34)13-16-4-7-18(35-3)8-5-16/h4-10,14-15,20,29H,11-13H2,1-3H3/t15-,20-,24-/m0/s1. The molecular formula is C25H26F3N5O2. The van der Waals surface area contributed by atoms with E-state index in [9.17, 15) is 18.0 Å². The van der Waals surface area contributed by atoms with Crippen LogP contribution in [0.3, 0.4) is 0 Å². The lowest BCUT2D eigenvalue weighted by Crippen LogP contribution is -2.51. The van der Waals surface area contributed by atoms with Gasteiger partial charge in [-0.3, -0.25) is 9.48 Å². The zero-order chi connectivity index (χ0) is 25.0. The maximum atomic E-state index is 14.1. The molecule has 0 unspecified atom stereocenters. The first-order valence-electron chi connectivity index (χ1n) is 11.4. The van der Waals surface area contributed by atoms with E-state index in [1.807, 2.05) is 19.1 Å². The summed E-state index contributed by atoms with van der Waals surface area (Å²) in [6.07, 6.45) is -2.06. The highest BCUT2D eigenvalue weighted by Crippen LogP contribution is 2.52. The van der Waals surface area contributed by atoms with E-state index in [0.717, 1.165) is 17.7 Å². The molecule has 10 heteroatoms. The Labute approximate surface area is 200 Å². The van der Waals surface area contributed by atoms with Crippen LogP contribution in [0.4, 0.5) is 18.9 Å². The molecule has 2 aromatic carbocycles. The Morgan fingerprint density at radius 2 is 1.91 bits per heavy atom. The van der Waals surface area contributed by atoms with Crippen molar-refractivity contribution in [3.05, 3.63) is 71.0 Å². The van der Waals surface area contributed by atoms with Crippen molar-refractivity contribution in [1.29, 1.82) is 0 Å². The summed E-state index contributed by atoms with van der Waals surface area (Å²) in [5.41, 5.74) is 0.606. The number of amides is 1. The predicted octanol–water partition coefficient (Wildman–Crippen LogP) is 4.14. The van der Waals surface area contributed by atoms with E-state index in [1.165, 1.54) is 6.07 Å². The first-order valence-corrected chi connectivity index (χ1v) is 11.4. The fourth-order valence-electron chi connectivity index (χ4n) is 5.41. The van der Waals surface area contributed by atoms with Crippen molar-refractivity contribution in [3.63, 3.8) is 0 Å². The molecule has 0 radical (unpaired) electrons. The van der Waals surface area contributed by atoms with E-state index >= 15 is 0 Å². The van der Waals surface area contributed by atoms with Crippen molar-refractivity contribution < 1.29 is 22.7 Å². The lowest BCUT2D eigenvalue weighted by atomic mass is 9.69. The molecular weight excluding hydrogens is 459 g/mol. The number of nitrogens with zero attached hydrogens (tertiary/aromatic N) is 4. The average molecular weight is 486 g/mol. The van der Waals surface area contributed by atoms with Crippen LogP contribution in [0.25, 0.3) is 0 Å². The van der Waals surface area contributed by atoms with Gasteiger partial charge in [0.25, 0.3) is 0 Å². The molecule has 3 aromatic rings. The summed E-state index contributed by atoms with van der Waals surface area (Å²) in [6.45, 7) is 2.19. The van der Waals surface area contributed by atoms with Gasteiger partial charge in [-0.15, -0.1) is 5.10 Å². The molecule has 0 aliphatic carbocycles. The Bertz CT molecular complexity index is 1260. The number of alkyl halides is 3. The molecule has 1 amide bonds. The Hall–Kier alpha value is -3.40. The molecule has 5 rings (SSSR count). The second-order valence-corrected chi connectivity index (χ2v) is 9.40. The zero-order valence-electron chi connectivity index (χ0n) is 19.6. The number of aromatic nitrogens is 3. The van der Waals surface area contributed by atoms with Crippen LogP contribution in [0.15, 0.2) is 48.7 Å². The molecule has 1 saturated heterocycles. The summed E-state index contributed by atoms with van der Waals surface area (Å²) < 4.78 is 47.9. The van der Waals surface area contributed by atoms with Crippen molar-refractivity contribution in [2.75, 3.05) is 12.0 Å². The van der Waals surface area contributed by atoms with Gasteiger partial charge in [-0.05, 0) is 61.2 Å². The normalized spacial score (nSPS) is 24.2. The number of ether oxygens (including phenoxy) is 1. The fourth-order valence-corrected chi connectivity index (χ4v) is 5.41. The van der Waals surface area contributed by atoms with Crippen molar-refractivity contribution in [3.8, 4) is 5.75 Å². The highest BCUT2D eigenvalue weighted by Gasteiger charge is 2.55. The van der Waals surface area contributed by atoms with Gasteiger partial charge in [-0.25, -0.2) is 0 Å². The topological polar surface area (TPSA) is 72.3 Å². The van der Waals surface area contributed by atoms with E-state index in [2.05, 4.69) is 15.6 Å². The quantitative estimate of drug-likeness (QED) is 0.602. The van der Waals surface area contributed by atoms with Crippen molar-refractivity contribution in [2.24, 2.45) is 7.05 Å². The summed E-state index contributed by atoms with van der Waals surface area (Å²) in [7, 11) is 3.32. The molecule has 35 heavy (non-hydrogen) atoms. The predicted molar refractivity (Wildman–Crippen MR) is 123 cm³/mol. The number of hydrogen-bond donors (Lipinski definition) is 1. The van der Waals surface area contributed by atoms with Gasteiger partial charge in [0, 0.05) is 25.0 Å². The number of carbonyl (C=O) groups excluding carboxylic acids is 1. The van der Waals surface area contributed by atoms with Crippen LogP contribution < -0.4 is 15.0 Å². The third kappa shape index (κ3) is 4.05. The number of anilines is 1. The average Bonchev–Trinajstić information content (AvgIpc) is 3.35. The lowest BCUT2D eigenvalue weighted by Gasteiger charge is -2.41. The van der Waals surface area contributed by atoms with Gasteiger partial charge in [-0.1, -0.05) is 17.3 Å². The molecule has 1 fully saturated rings. The summed E-state index contributed by atoms with van der Waals surface area (Å²) >= 11 is 0. The van der Waals surface area contributed by atoms with E-state index in [-0.39, 0.29) is 24.5 Å². The van der Waals surface area contributed by atoms with E-state index in [1.54, 1.807) is 42.1 Å². The Morgan fingerprint density at radius 1 is 1.17 bits per heavy atom. The van der Waals surface area contributed by atoms with Gasteiger partial charge >= 0.3 is 6.18 Å². The Kier molecular flexibility index (Phi) is 5.58. The summed E-state index contributed by atoms with van der Waals surface area (Å²) in [5.74, 6) is 0.497. The number of nitrogens with one attached hydrogen (secondary N) is 1. The zero-order valence-corrected chi connectivity index (χ0v) is 19.6. The largest absolute Gasteiger partial charge is 0.497 e. The molecule has 7 nitrogen and oxygen atoms in total. The first-order chi connectivity index (χ1) is 16.6. The highest BCUT2D eigenvalue weighted by molar-refractivity contribution is 6.08. The van der Waals surface area contributed by atoms with Gasteiger partial charge in [-0.2, -0.15) is 13.2 Å². The van der Waals surface area contributed by atoms with Crippen LogP contribution in [-0.4, -0.2) is 34.1 Å². The number of rotatable bonds is 4. The minimum Gasteiger partial charge on any atom is -0.497 e. The van der Waals surface area contributed by atoms with Crippen molar-refractivity contribution >= 4 is 11.6 Å². The third-order valence-corrected chi connectivity index (χ3v) is 6.95. The lowest BCUT2D eigenvalue weighted by molar-refractivity contribution is -0.137. The number of aryl methyl sites for hydroxylation is 1. The second kappa shape index (κ2) is 8.37. The van der Waals surface area contributed by atoms with Gasteiger partial charge in [0.1, 0.15) is 5.75 Å². The summed E-state index contributed by atoms with van der Waals surface area (Å²) in [6, 6.07) is 10.5. The molecule has 0 saturated carbocycles. The van der Waals surface area contributed by atoms with E-state index < -0.39 is 17.2 Å². The highest BCUT2D eigenvalue weighted by atomic mass is 19.4. The van der Waals surface area contributed by atoms with Crippen LogP contribution in [0.2, 0.25) is 0 Å². The molecule has 1 spiro atoms. The SMILES string of the molecule is COc1ccc(CN2C(=O)[C@@]3(C[C@@H](c4cn(C)nn4)N[C@@H](C)C3)c3cc(C(F)(F)F)ccc32)cc1. The third-order valence-electron chi connectivity index (χ3n) is 6.95. The van der Waals surface area contributed by atoms with Crippen LogP contribution in [0.5, 0.6) is 5.75 Å². The maximum absolute atomic E-state index is 14.1. The molecule has 184 valence electrons. The molecule has 2 aliphatic rings. The number of carbonyl (C=O) groups is 1. The van der Waals surface area contributed by atoms with Crippen LogP contribution >= 0.6 is 0 Å². The van der Waals surface area contributed by atoms with Crippen LogP contribution in [0.1, 0.15) is 48.2 Å². The summed E-state index contributed by atoms with van der Waals surface area (Å²) in [4.78, 5) is 15.7. The monoisotopic (exact) mass is 485 g/mol. The van der Waals surface area contributed by atoms with E-state index in [4.69, 9.17) is 4.74 Å². The number of methoxy groups -OCH3 is 1. The van der Waals surface area contributed by atoms with Crippen molar-refractivity contribution in [2.45, 2.75) is 50.0 Å². The van der Waals surface area contributed by atoms with Crippen LogP contribution in [-0.2, 0) is 30.0 Å². The Balaban J connectivity index is 1.59. The smallest absolute Gasteiger partial charge is 0.416 e. The maximum Gasteiger partial charge on any atom is 0.416 e. The minimum absolute atomic E-state index is 0.122. The summed E-state index contributed by atoms with van der Waals surface area (Å²) in [5, 5.41) is 11.6. The van der Waals surface area contributed by atoms with Gasteiger partial charge < -0.3 is 15.0 Å². The number of halogens is 3. The first kappa shape index (κ1) is 23.3. The van der Waals surface area contributed by atoms with Crippen molar-refractivity contribution in [1.82, 2.24) is 20.3 Å². The minimum atomic E-state index is -4.51. The number of fused-ring (bicyclic) bond motifs is 2. The molecule has 1 aromatic heterocycles.